The van der Waals surface area contributed by atoms with Crippen molar-refractivity contribution < 1.29 is 19.1 Å². The highest BCUT2D eigenvalue weighted by Gasteiger charge is 2.24. The minimum atomic E-state index is -0.403. The Balaban J connectivity index is 1.47. The molecule has 1 atom stereocenters. The summed E-state index contributed by atoms with van der Waals surface area (Å²) in [4.78, 5) is 34.6. The SMILES string of the molecule is COc1ccccc1C(=O)Nc1nc(C)c(-c2csc(NC(=O)C3CCCO3)n2)s1. The van der Waals surface area contributed by atoms with Gasteiger partial charge in [-0.1, -0.05) is 23.5 Å². The Hall–Kier alpha value is -2.82. The fourth-order valence-electron chi connectivity index (χ4n) is 3.09. The third-order valence-electron chi connectivity index (χ3n) is 4.56. The van der Waals surface area contributed by atoms with E-state index in [1.165, 1.54) is 29.8 Å². The monoisotopic (exact) mass is 444 g/mol. The molecule has 1 aliphatic rings. The third-order valence-corrected chi connectivity index (χ3v) is 6.41. The highest BCUT2D eigenvalue weighted by atomic mass is 32.1. The van der Waals surface area contributed by atoms with Crippen LogP contribution in [-0.2, 0) is 9.53 Å². The van der Waals surface area contributed by atoms with E-state index in [-0.39, 0.29) is 11.8 Å². The molecule has 0 bridgehead atoms. The van der Waals surface area contributed by atoms with Crippen LogP contribution in [0.5, 0.6) is 5.75 Å². The molecule has 30 heavy (non-hydrogen) atoms. The van der Waals surface area contributed by atoms with Crippen LogP contribution >= 0.6 is 22.7 Å². The van der Waals surface area contributed by atoms with Crippen LogP contribution in [0.3, 0.4) is 0 Å². The molecule has 1 unspecified atom stereocenters. The molecule has 156 valence electrons. The molecule has 1 aromatic carbocycles. The first kappa shape index (κ1) is 20.5. The van der Waals surface area contributed by atoms with Gasteiger partial charge < -0.3 is 9.47 Å². The van der Waals surface area contributed by atoms with Gasteiger partial charge in [-0.15, -0.1) is 11.3 Å². The van der Waals surface area contributed by atoms with E-state index in [4.69, 9.17) is 9.47 Å². The van der Waals surface area contributed by atoms with E-state index in [0.29, 0.717) is 33.9 Å². The molecule has 1 fully saturated rings. The average Bonchev–Trinajstić information content (AvgIpc) is 3.49. The number of ether oxygens (including phenoxy) is 2. The maximum Gasteiger partial charge on any atom is 0.261 e. The molecule has 4 rings (SSSR count). The van der Waals surface area contributed by atoms with Gasteiger partial charge in [0.1, 0.15) is 11.9 Å². The minimum absolute atomic E-state index is 0.167. The summed E-state index contributed by atoms with van der Waals surface area (Å²) in [6, 6.07) is 7.00. The Bertz CT molecular complexity index is 1070. The summed E-state index contributed by atoms with van der Waals surface area (Å²) in [6.07, 6.45) is 1.22. The molecule has 0 spiro atoms. The lowest BCUT2D eigenvalue weighted by Gasteiger charge is -2.07. The number of carbonyl (C=O) groups is 2. The maximum absolute atomic E-state index is 12.6. The standard InChI is InChI=1S/C20H20N4O4S2/c1-11-16(13-10-29-19(22-13)24-18(26)15-8-5-9-28-15)30-20(21-11)23-17(25)12-6-3-4-7-14(12)27-2/h3-4,6-7,10,15H,5,8-9H2,1-2H3,(H,21,23,25)(H,22,24,26). The second-order valence-electron chi connectivity index (χ2n) is 6.62. The van der Waals surface area contributed by atoms with Crippen LogP contribution in [0.15, 0.2) is 29.6 Å². The van der Waals surface area contributed by atoms with Gasteiger partial charge in [0.2, 0.25) is 0 Å². The van der Waals surface area contributed by atoms with E-state index in [2.05, 4.69) is 20.6 Å². The number of rotatable bonds is 6. The van der Waals surface area contributed by atoms with Crippen LogP contribution < -0.4 is 15.4 Å². The van der Waals surface area contributed by atoms with Crippen molar-refractivity contribution >= 4 is 44.8 Å². The molecule has 8 nitrogen and oxygen atoms in total. The van der Waals surface area contributed by atoms with E-state index in [1.807, 2.05) is 12.3 Å². The Kier molecular flexibility index (Phi) is 6.07. The Morgan fingerprint density at radius 2 is 2.03 bits per heavy atom. The number of benzene rings is 1. The molecular weight excluding hydrogens is 424 g/mol. The summed E-state index contributed by atoms with van der Waals surface area (Å²) in [5, 5.41) is 8.47. The molecular formula is C20H20N4O4S2. The molecule has 3 heterocycles. The number of amides is 2. The van der Waals surface area contributed by atoms with Crippen molar-refractivity contribution in [3.05, 3.63) is 40.9 Å². The maximum atomic E-state index is 12.6. The molecule has 2 aromatic heterocycles. The summed E-state index contributed by atoms with van der Waals surface area (Å²) >= 11 is 2.67. The number of nitrogens with zero attached hydrogens (tertiary/aromatic N) is 2. The zero-order chi connectivity index (χ0) is 21.1. The number of aryl methyl sites for hydroxylation is 1. The van der Waals surface area contributed by atoms with E-state index in [0.717, 1.165) is 23.4 Å². The summed E-state index contributed by atoms with van der Waals surface area (Å²) in [6.45, 7) is 2.47. The van der Waals surface area contributed by atoms with Crippen LogP contribution in [0.2, 0.25) is 0 Å². The average molecular weight is 445 g/mol. The van der Waals surface area contributed by atoms with Gasteiger partial charge >= 0.3 is 0 Å². The number of anilines is 2. The van der Waals surface area contributed by atoms with Gasteiger partial charge in [-0.2, -0.15) is 0 Å². The first-order valence-corrected chi connectivity index (χ1v) is 11.0. The largest absolute Gasteiger partial charge is 0.496 e. The summed E-state index contributed by atoms with van der Waals surface area (Å²) in [5.74, 6) is 0.0318. The van der Waals surface area contributed by atoms with Crippen molar-refractivity contribution in [2.45, 2.75) is 25.9 Å². The number of nitrogens with one attached hydrogen (secondary N) is 2. The molecule has 0 radical (unpaired) electrons. The molecule has 3 aromatic rings. The van der Waals surface area contributed by atoms with Gasteiger partial charge in [-0.05, 0) is 31.9 Å². The van der Waals surface area contributed by atoms with E-state index in [9.17, 15) is 9.59 Å². The summed E-state index contributed by atoms with van der Waals surface area (Å²) in [7, 11) is 1.52. The van der Waals surface area contributed by atoms with Crippen molar-refractivity contribution in [1.29, 1.82) is 0 Å². The van der Waals surface area contributed by atoms with Crippen molar-refractivity contribution in [2.75, 3.05) is 24.4 Å². The molecule has 0 saturated carbocycles. The van der Waals surface area contributed by atoms with Crippen LogP contribution in [-0.4, -0.2) is 41.6 Å². The number of carbonyl (C=O) groups excluding carboxylic acids is 2. The summed E-state index contributed by atoms with van der Waals surface area (Å²) < 4.78 is 10.6. The lowest BCUT2D eigenvalue weighted by Crippen LogP contribution is -2.26. The smallest absolute Gasteiger partial charge is 0.261 e. The molecule has 2 N–H and O–H groups in total. The van der Waals surface area contributed by atoms with Gasteiger partial charge in [0.15, 0.2) is 10.3 Å². The fraction of sp³-hybridized carbons (Fsp3) is 0.300. The number of hydrogen-bond acceptors (Lipinski definition) is 8. The Labute approximate surface area is 181 Å². The van der Waals surface area contributed by atoms with Gasteiger partial charge in [-0.25, -0.2) is 9.97 Å². The lowest BCUT2D eigenvalue weighted by atomic mass is 10.2. The number of hydrogen-bond donors (Lipinski definition) is 2. The zero-order valence-electron chi connectivity index (χ0n) is 16.4. The van der Waals surface area contributed by atoms with Crippen LogP contribution in [0, 0.1) is 6.92 Å². The van der Waals surface area contributed by atoms with Gasteiger partial charge in [-0.3, -0.25) is 20.2 Å². The Morgan fingerprint density at radius 1 is 1.20 bits per heavy atom. The molecule has 1 aliphatic heterocycles. The van der Waals surface area contributed by atoms with Crippen molar-refractivity contribution in [1.82, 2.24) is 9.97 Å². The number of methoxy groups -OCH3 is 1. The van der Waals surface area contributed by atoms with Crippen LogP contribution in [0.1, 0.15) is 28.9 Å². The van der Waals surface area contributed by atoms with E-state index in [1.54, 1.807) is 24.3 Å². The normalized spacial score (nSPS) is 15.7. The quantitative estimate of drug-likeness (QED) is 0.597. The first-order chi connectivity index (χ1) is 14.5. The number of thiazole rings is 2. The second-order valence-corrected chi connectivity index (χ2v) is 8.47. The Morgan fingerprint density at radius 3 is 2.80 bits per heavy atom. The molecule has 10 heteroatoms. The van der Waals surface area contributed by atoms with Crippen LogP contribution in [0.25, 0.3) is 10.6 Å². The van der Waals surface area contributed by atoms with Gasteiger partial charge in [0, 0.05) is 12.0 Å². The number of aromatic nitrogens is 2. The second kappa shape index (κ2) is 8.90. The van der Waals surface area contributed by atoms with E-state index >= 15 is 0 Å². The molecule has 1 saturated heterocycles. The van der Waals surface area contributed by atoms with Crippen molar-refractivity contribution in [3.8, 4) is 16.3 Å². The zero-order valence-corrected chi connectivity index (χ0v) is 18.1. The molecule has 0 aliphatic carbocycles. The molecule has 2 amide bonds. The predicted octanol–water partition coefficient (Wildman–Crippen LogP) is 3.95. The minimum Gasteiger partial charge on any atom is -0.496 e. The topological polar surface area (TPSA) is 102 Å². The third kappa shape index (κ3) is 4.35. The lowest BCUT2D eigenvalue weighted by molar-refractivity contribution is -0.124. The number of para-hydroxylation sites is 1. The van der Waals surface area contributed by atoms with Gasteiger partial charge in [0.25, 0.3) is 11.8 Å². The van der Waals surface area contributed by atoms with Crippen molar-refractivity contribution in [3.63, 3.8) is 0 Å². The van der Waals surface area contributed by atoms with E-state index < -0.39 is 6.10 Å². The van der Waals surface area contributed by atoms with Crippen molar-refractivity contribution in [2.24, 2.45) is 0 Å². The van der Waals surface area contributed by atoms with Crippen LogP contribution in [0.4, 0.5) is 10.3 Å². The highest BCUT2D eigenvalue weighted by molar-refractivity contribution is 7.20. The highest BCUT2D eigenvalue weighted by Crippen LogP contribution is 2.35. The summed E-state index contributed by atoms with van der Waals surface area (Å²) in [5.41, 5.74) is 1.88. The fourth-order valence-corrected chi connectivity index (χ4v) is 4.79. The predicted molar refractivity (Wildman–Crippen MR) is 117 cm³/mol. The van der Waals surface area contributed by atoms with Gasteiger partial charge in [0.05, 0.1) is 28.9 Å². The first-order valence-electron chi connectivity index (χ1n) is 9.35.